The van der Waals surface area contributed by atoms with Gasteiger partial charge in [-0.2, -0.15) is 0 Å². The summed E-state index contributed by atoms with van der Waals surface area (Å²) in [7, 11) is 0. The van der Waals surface area contributed by atoms with E-state index in [1.165, 1.54) is 0 Å². The third-order valence-corrected chi connectivity index (χ3v) is 3.34. The number of hydrogen-bond donors (Lipinski definition) is 0. The Kier molecular flexibility index (Phi) is 5.67. The minimum absolute atomic E-state index is 0.194. The molecule has 0 saturated heterocycles. The van der Waals surface area contributed by atoms with Gasteiger partial charge in [0, 0.05) is 23.5 Å². The van der Waals surface area contributed by atoms with Gasteiger partial charge in [0.1, 0.15) is 0 Å². The van der Waals surface area contributed by atoms with Crippen molar-refractivity contribution in [3.63, 3.8) is 0 Å². The van der Waals surface area contributed by atoms with E-state index in [9.17, 15) is 4.79 Å². The Morgan fingerprint density at radius 3 is 2.22 bits per heavy atom. The zero-order valence-electron chi connectivity index (χ0n) is 11.6. The Morgan fingerprint density at radius 2 is 1.72 bits per heavy atom. The molecule has 1 rings (SSSR count). The van der Waals surface area contributed by atoms with Crippen molar-refractivity contribution < 1.29 is 4.79 Å². The van der Waals surface area contributed by atoms with Crippen molar-refractivity contribution in [2.24, 2.45) is 0 Å². The van der Waals surface area contributed by atoms with Crippen LogP contribution in [0.4, 0.5) is 0 Å². The summed E-state index contributed by atoms with van der Waals surface area (Å²) in [6, 6.07) is 8.18. The minimum Gasteiger partial charge on any atom is -0.338 e. The lowest BCUT2D eigenvalue weighted by Gasteiger charge is -2.31. The molecule has 0 aliphatic heterocycles. The number of carbonyl (C=O) groups excluding carboxylic acids is 1. The van der Waals surface area contributed by atoms with Crippen LogP contribution in [0.3, 0.4) is 0 Å². The quantitative estimate of drug-likeness (QED) is 0.792. The van der Waals surface area contributed by atoms with Crippen LogP contribution in [0.5, 0.6) is 0 Å². The molecule has 0 saturated carbocycles. The highest BCUT2D eigenvalue weighted by Gasteiger charge is 2.19. The zero-order chi connectivity index (χ0) is 13.7. The van der Waals surface area contributed by atoms with Gasteiger partial charge in [-0.3, -0.25) is 4.79 Å². The highest BCUT2D eigenvalue weighted by atomic mass is 35.5. The van der Waals surface area contributed by atoms with Gasteiger partial charge in [0.15, 0.2) is 0 Å². The van der Waals surface area contributed by atoms with E-state index in [2.05, 4.69) is 0 Å². The molecule has 3 heteroatoms. The van der Waals surface area contributed by atoms with Crippen LogP contribution in [0.2, 0.25) is 5.02 Å². The van der Waals surface area contributed by atoms with E-state index < -0.39 is 0 Å². The van der Waals surface area contributed by atoms with E-state index in [1.807, 2.05) is 56.9 Å². The Balaban J connectivity index is 2.63. The monoisotopic (exact) mass is 267 g/mol. The van der Waals surface area contributed by atoms with Crippen molar-refractivity contribution in [2.75, 3.05) is 0 Å². The van der Waals surface area contributed by atoms with Crippen molar-refractivity contribution in [1.29, 1.82) is 0 Å². The molecule has 0 aromatic heterocycles. The molecule has 1 amide bonds. The smallest absolute Gasteiger partial charge is 0.223 e. The maximum Gasteiger partial charge on any atom is 0.223 e. The molecule has 100 valence electrons. The summed E-state index contributed by atoms with van der Waals surface area (Å²) in [5.41, 5.74) is 1.04. The number of hydrogen-bond acceptors (Lipinski definition) is 1. The molecule has 0 heterocycles. The predicted octanol–water partition coefficient (Wildman–Crippen LogP) is 3.92. The van der Waals surface area contributed by atoms with E-state index in [-0.39, 0.29) is 18.0 Å². The second-order valence-electron chi connectivity index (χ2n) is 5.08. The molecule has 0 aliphatic rings. The molecular formula is C15H22ClNO. The van der Waals surface area contributed by atoms with Crippen LogP contribution in [0.15, 0.2) is 24.3 Å². The first-order chi connectivity index (χ1) is 8.43. The van der Waals surface area contributed by atoms with Gasteiger partial charge in [0.05, 0.1) is 0 Å². The van der Waals surface area contributed by atoms with Crippen LogP contribution in [0.1, 0.15) is 39.7 Å². The van der Waals surface area contributed by atoms with Crippen LogP contribution >= 0.6 is 11.6 Å². The summed E-state index contributed by atoms with van der Waals surface area (Å²) in [6.07, 6.45) is 1.22. The second kappa shape index (κ2) is 6.79. The van der Waals surface area contributed by atoms with Crippen LogP contribution in [-0.2, 0) is 11.2 Å². The van der Waals surface area contributed by atoms with Gasteiger partial charge in [-0.15, -0.1) is 0 Å². The normalized spacial score (nSPS) is 11.1. The van der Waals surface area contributed by atoms with Gasteiger partial charge in [-0.05, 0) is 45.7 Å². The largest absolute Gasteiger partial charge is 0.338 e. The first-order valence-corrected chi connectivity index (χ1v) is 6.85. The molecular weight excluding hydrogens is 246 g/mol. The lowest BCUT2D eigenvalue weighted by atomic mass is 10.1. The summed E-state index contributed by atoms with van der Waals surface area (Å²) >= 11 is 6.09. The number of benzene rings is 1. The maximum atomic E-state index is 12.2. The molecule has 0 aliphatic carbocycles. The number of halogens is 1. The molecule has 1 aromatic rings. The maximum absolute atomic E-state index is 12.2. The van der Waals surface area contributed by atoms with Crippen molar-refractivity contribution in [1.82, 2.24) is 4.90 Å². The van der Waals surface area contributed by atoms with Crippen molar-refractivity contribution >= 4 is 17.5 Å². The van der Waals surface area contributed by atoms with Gasteiger partial charge >= 0.3 is 0 Å². The molecule has 1 aromatic carbocycles. The van der Waals surface area contributed by atoms with E-state index in [0.29, 0.717) is 12.8 Å². The third-order valence-electron chi connectivity index (χ3n) is 2.97. The molecule has 0 bridgehead atoms. The van der Waals surface area contributed by atoms with E-state index >= 15 is 0 Å². The fourth-order valence-electron chi connectivity index (χ4n) is 2.24. The van der Waals surface area contributed by atoms with Gasteiger partial charge in [0.25, 0.3) is 0 Å². The fraction of sp³-hybridized carbons (Fsp3) is 0.533. The number of aryl methyl sites for hydroxylation is 1. The lowest BCUT2D eigenvalue weighted by Crippen LogP contribution is -2.42. The van der Waals surface area contributed by atoms with Gasteiger partial charge in [-0.1, -0.05) is 29.8 Å². The van der Waals surface area contributed by atoms with Crippen molar-refractivity contribution in [3.05, 3.63) is 34.9 Å². The number of carbonyl (C=O) groups is 1. The van der Waals surface area contributed by atoms with Crippen molar-refractivity contribution in [3.8, 4) is 0 Å². The van der Waals surface area contributed by atoms with Crippen molar-refractivity contribution in [2.45, 2.75) is 52.6 Å². The Morgan fingerprint density at radius 1 is 1.17 bits per heavy atom. The summed E-state index contributed by atoms with van der Waals surface area (Å²) in [5, 5.41) is 0.742. The SMILES string of the molecule is CC(C)N(C(=O)CCc1ccccc1Cl)C(C)C. The molecule has 18 heavy (non-hydrogen) atoms. The molecule has 0 N–H and O–H groups in total. The highest BCUT2D eigenvalue weighted by molar-refractivity contribution is 6.31. The van der Waals surface area contributed by atoms with E-state index in [0.717, 1.165) is 10.6 Å². The van der Waals surface area contributed by atoms with E-state index in [4.69, 9.17) is 11.6 Å². The Hall–Kier alpha value is -1.02. The number of nitrogens with zero attached hydrogens (tertiary/aromatic N) is 1. The lowest BCUT2D eigenvalue weighted by molar-refractivity contribution is -0.134. The summed E-state index contributed by atoms with van der Waals surface area (Å²) in [4.78, 5) is 14.1. The van der Waals surface area contributed by atoms with Crippen LogP contribution in [0, 0.1) is 0 Å². The third kappa shape index (κ3) is 4.02. The molecule has 0 radical (unpaired) electrons. The highest BCUT2D eigenvalue weighted by Crippen LogP contribution is 2.18. The van der Waals surface area contributed by atoms with Crippen LogP contribution in [0.25, 0.3) is 0 Å². The van der Waals surface area contributed by atoms with Crippen LogP contribution in [-0.4, -0.2) is 22.9 Å². The average molecular weight is 268 g/mol. The topological polar surface area (TPSA) is 20.3 Å². The van der Waals surface area contributed by atoms with Gasteiger partial charge in [-0.25, -0.2) is 0 Å². The van der Waals surface area contributed by atoms with Crippen LogP contribution < -0.4 is 0 Å². The molecule has 0 atom stereocenters. The Labute approximate surface area is 115 Å². The second-order valence-corrected chi connectivity index (χ2v) is 5.49. The first kappa shape index (κ1) is 15.0. The molecule has 0 spiro atoms. The number of amides is 1. The summed E-state index contributed by atoms with van der Waals surface area (Å²) < 4.78 is 0. The number of rotatable bonds is 5. The first-order valence-electron chi connectivity index (χ1n) is 6.48. The average Bonchev–Trinajstić information content (AvgIpc) is 2.27. The molecule has 0 unspecified atom stereocenters. The van der Waals surface area contributed by atoms with Gasteiger partial charge < -0.3 is 4.90 Å². The van der Waals surface area contributed by atoms with Gasteiger partial charge in [0.2, 0.25) is 5.91 Å². The fourth-order valence-corrected chi connectivity index (χ4v) is 2.47. The summed E-state index contributed by atoms with van der Waals surface area (Å²) in [6.45, 7) is 8.20. The predicted molar refractivity (Wildman–Crippen MR) is 76.9 cm³/mol. The zero-order valence-corrected chi connectivity index (χ0v) is 12.4. The molecule has 2 nitrogen and oxygen atoms in total. The standard InChI is InChI=1S/C15H22ClNO/c1-11(2)17(12(3)4)15(18)10-9-13-7-5-6-8-14(13)16/h5-8,11-12H,9-10H2,1-4H3. The summed E-state index contributed by atoms with van der Waals surface area (Å²) in [5.74, 6) is 0.194. The Bertz CT molecular complexity index is 393. The minimum atomic E-state index is 0.194. The van der Waals surface area contributed by atoms with E-state index in [1.54, 1.807) is 0 Å². The molecule has 0 fully saturated rings.